The van der Waals surface area contributed by atoms with Crippen molar-refractivity contribution >= 4 is 38.9 Å². The van der Waals surface area contributed by atoms with E-state index in [4.69, 9.17) is 11.6 Å². The second-order valence-corrected chi connectivity index (χ2v) is 5.39. The molecule has 0 amide bonds. The zero-order valence-electron chi connectivity index (χ0n) is 10.4. The minimum atomic E-state index is -0.624. The van der Waals surface area contributed by atoms with Gasteiger partial charge in [0, 0.05) is 24.7 Å². The van der Waals surface area contributed by atoms with Crippen LogP contribution in [0.4, 0.5) is 20.2 Å². The Kier molecular flexibility index (Phi) is 4.74. The molecule has 2 rings (SSSR count). The van der Waals surface area contributed by atoms with Gasteiger partial charge in [0.05, 0.1) is 20.1 Å². The maximum absolute atomic E-state index is 13.6. The normalized spacial score (nSPS) is 10.5. The van der Waals surface area contributed by atoms with Gasteiger partial charge < -0.3 is 5.32 Å². The molecule has 0 aliphatic heterocycles. The summed E-state index contributed by atoms with van der Waals surface area (Å²) in [5.74, 6) is -1.23. The summed E-state index contributed by atoms with van der Waals surface area (Å²) in [6, 6.07) is 5.98. The van der Waals surface area contributed by atoms with Gasteiger partial charge in [-0.25, -0.2) is 8.78 Å². The van der Waals surface area contributed by atoms with Gasteiger partial charge in [-0.1, -0.05) is 11.6 Å². The second kappa shape index (κ2) is 6.36. The quantitative estimate of drug-likeness (QED) is 0.468. The van der Waals surface area contributed by atoms with Gasteiger partial charge in [0.2, 0.25) is 0 Å². The van der Waals surface area contributed by atoms with Gasteiger partial charge in [-0.2, -0.15) is 0 Å². The molecule has 2 aromatic carbocycles. The molecule has 110 valence electrons. The summed E-state index contributed by atoms with van der Waals surface area (Å²) in [4.78, 5) is 10.0. The number of non-ortho nitro benzene ring substituents is 1. The van der Waals surface area contributed by atoms with Crippen LogP contribution in [0.15, 0.2) is 34.8 Å². The lowest BCUT2D eigenvalue weighted by Gasteiger charge is -2.10. The van der Waals surface area contributed by atoms with Crippen molar-refractivity contribution in [1.82, 2.24) is 0 Å². The van der Waals surface area contributed by atoms with Gasteiger partial charge in [-0.05, 0) is 33.6 Å². The van der Waals surface area contributed by atoms with Gasteiger partial charge in [0.1, 0.15) is 11.6 Å². The summed E-state index contributed by atoms with van der Waals surface area (Å²) in [6.45, 7) is 0.106. The number of hydrogen-bond donors (Lipinski definition) is 1. The molecular weight excluding hydrogens is 370 g/mol. The Morgan fingerprint density at radius 1 is 1.24 bits per heavy atom. The summed E-state index contributed by atoms with van der Waals surface area (Å²) in [5.41, 5.74) is 0.375. The number of hydrogen-bond acceptors (Lipinski definition) is 3. The Labute approximate surface area is 132 Å². The zero-order chi connectivity index (χ0) is 15.6. The van der Waals surface area contributed by atoms with Crippen LogP contribution in [-0.4, -0.2) is 4.92 Å². The van der Waals surface area contributed by atoms with Crippen LogP contribution in [-0.2, 0) is 6.54 Å². The van der Waals surface area contributed by atoms with E-state index in [1.54, 1.807) is 0 Å². The summed E-state index contributed by atoms with van der Waals surface area (Å²) in [7, 11) is 0. The topological polar surface area (TPSA) is 55.2 Å². The van der Waals surface area contributed by atoms with Crippen LogP contribution in [0.5, 0.6) is 0 Å². The predicted octanol–water partition coefficient (Wildman–Crippen LogP) is 4.90. The Morgan fingerprint density at radius 3 is 2.57 bits per heavy atom. The fraction of sp³-hybridized carbons (Fsp3) is 0.0769. The van der Waals surface area contributed by atoms with Crippen molar-refractivity contribution < 1.29 is 13.7 Å². The number of halogens is 4. The van der Waals surface area contributed by atoms with E-state index < -0.39 is 16.6 Å². The van der Waals surface area contributed by atoms with E-state index in [0.29, 0.717) is 5.56 Å². The molecule has 1 N–H and O–H groups in total. The van der Waals surface area contributed by atoms with E-state index >= 15 is 0 Å². The van der Waals surface area contributed by atoms with Crippen molar-refractivity contribution in [3.05, 3.63) is 67.1 Å². The average Bonchev–Trinajstić information content (AvgIpc) is 2.42. The number of anilines is 1. The third-order valence-electron chi connectivity index (χ3n) is 2.73. The minimum absolute atomic E-state index is 0.0230. The van der Waals surface area contributed by atoms with E-state index in [2.05, 4.69) is 21.2 Å². The van der Waals surface area contributed by atoms with Gasteiger partial charge in [0.15, 0.2) is 0 Å². The highest BCUT2D eigenvalue weighted by Gasteiger charge is 2.11. The SMILES string of the molecule is O=[N+]([O-])c1ccc(CNc2cc(F)c(Br)cc2F)c(Cl)c1. The predicted molar refractivity (Wildman–Crippen MR) is 79.5 cm³/mol. The largest absolute Gasteiger partial charge is 0.378 e. The molecular formula is C13H8BrClF2N2O2. The molecule has 0 atom stereocenters. The Balaban J connectivity index is 2.17. The third-order valence-corrected chi connectivity index (χ3v) is 3.69. The summed E-state index contributed by atoms with van der Waals surface area (Å²) in [6.07, 6.45) is 0. The average molecular weight is 378 g/mol. The first-order valence-electron chi connectivity index (χ1n) is 5.69. The third kappa shape index (κ3) is 3.68. The molecule has 0 fully saturated rings. The molecule has 21 heavy (non-hydrogen) atoms. The van der Waals surface area contributed by atoms with Crippen LogP contribution in [0.2, 0.25) is 5.02 Å². The van der Waals surface area contributed by atoms with Crippen LogP contribution in [0.3, 0.4) is 0 Å². The Bertz CT molecular complexity index is 713. The molecule has 0 spiro atoms. The lowest BCUT2D eigenvalue weighted by molar-refractivity contribution is -0.384. The van der Waals surface area contributed by atoms with Crippen molar-refractivity contribution in [1.29, 1.82) is 0 Å². The van der Waals surface area contributed by atoms with E-state index in [1.165, 1.54) is 18.2 Å². The standard InChI is InChI=1S/C13H8BrClF2N2O2/c14-9-4-12(17)13(5-11(9)16)18-6-7-1-2-8(19(20)21)3-10(7)15/h1-5,18H,6H2. The zero-order valence-corrected chi connectivity index (χ0v) is 12.7. The molecule has 0 aliphatic rings. The molecule has 2 aromatic rings. The molecule has 0 saturated carbocycles. The van der Waals surface area contributed by atoms with Crippen LogP contribution in [0.25, 0.3) is 0 Å². The molecule has 0 saturated heterocycles. The number of nitro benzene ring substituents is 1. The minimum Gasteiger partial charge on any atom is -0.378 e. The maximum atomic E-state index is 13.6. The monoisotopic (exact) mass is 376 g/mol. The van der Waals surface area contributed by atoms with Gasteiger partial charge in [-0.3, -0.25) is 10.1 Å². The lowest BCUT2D eigenvalue weighted by Crippen LogP contribution is -2.03. The maximum Gasteiger partial charge on any atom is 0.270 e. The van der Waals surface area contributed by atoms with Crippen molar-refractivity contribution in [3.8, 4) is 0 Å². The molecule has 0 heterocycles. The summed E-state index contributed by atoms with van der Waals surface area (Å²) < 4.78 is 27.0. The fourth-order valence-electron chi connectivity index (χ4n) is 1.64. The second-order valence-electron chi connectivity index (χ2n) is 4.13. The molecule has 4 nitrogen and oxygen atoms in total. The molecule has 8 heteroatoms. The van der Waals surface area contributed by atoms with Crippen LogP contribution >= 0.6 is 27.5 Å². The molecule has 0 radical (unpaired) electrons. The Morgan fingerprint density at radius 2 is 1.95 bits per heavy atom. The lowest BCUT2D eigenvalue weighted by atomic mass is 10.2. The van der Waals surface area contributed by atoms with Gasteiger partial charge >= 0.3 is 0 Å². The van der Waals surface area contributed by atoms with E-state index in [9.17, 15) is 18.9 Å². The summed E-state index contributed by atoms with van der Waals surface area (Å²) >= 11 is 8.80. The van der Waals surface area contributed by atoms with Crippen molar-refractivity contribution in [2.75, 3.05) is 5.32 Å². The molecule has 0 aliphatic carbocycles. The van der Waals surface area contributed by atoms with Gasteiger partial charge in [0.25, 0.3) is 5.69 Å². The first kappa shape index (κ1) is 15.7. The molecule has 0 unspecified atom stereocenters. The summed E-state index contributed by atoms with van der Waals surface area (Å²) in [5, 5.41) is 13.5. The molecule has 0 bridgehead atoms. The first-order chi connectivity index (χ1) is 9.88. The first-order valence-corrected chi connectivity index (χ1v) is 6.87. The fourth-order valence-corrected chi connectivity index (χ4v) is 2.20. The number of nitro groups is 1. The molecule has 0 aromatic heterocycles. The highest BCUT2D eigenvalue weighted by Crippen LogP contribution is 2.26. The number of nitrogens with zero attached hydrogens (tertiary/aromatic N) is 1. The van der Waals surface area contributed by atoms with Crippen LogP contribution in [0, 0.1) is 21.7 Å². The smallest absolute Gasteiger partial charge is 0.270 e. The van der Waals surface area contributed by atoms with Crippen molar-refractivity contribution in [2.45, 2.75) is 6.54 Å². The van der Waals surface area contributed by atoms with E-state index in [1.807, 2.05) is 0 Å². The van der Waals surface area contributed by atoms with E-state index in [0.717, 1.165) is 12.1 Å². The van der Waals surface area contributed by atoms with E-state index in [-0.39, 0.29) is 27.4 Å². The number of benzene rings is 2. The van der Waals surface area contributed by atoms with Gasteiger partial charge in [-0.15, -0.1) is 0 Å². The number of nitrogens with one attached hydrogen (secondary N) is 1. The number of rotatable bonds is 4. The van der Waals surface area contributed by atoms with Crippen LogP contribution < -0.4 is 5.32 Å². The van der Waals surface area contributed by atoms with Crippen LogP contribution in [0.1, 0.15) is 5.56 Å². The van der Waals surface area contributed by atoms with Crippen molar-refractivity contribution in [2.24, 2.45) is 0 Å². The highest BCUT2D eigenvalue weighted by atomic mass is 79.9. The Hall–Kier alpha value is -1.73. The van der Waals surface area contributed by atoms with Crippen molar-refractivity contribution in [3.63, 3.8) is 0 Å². The highest BCUT2D eigenvalue weighted by molar-refractivity contribution is 9.10.